The van der Waals surface area contributed by atoms with E-state index in [1.54, 1.807) is 30.6 Å². The zero-order valence-electron chi connectivity index (χ0n) is 15.2. The lowest BCUT2D eigenvalue weighted by molar-refractivity contribution is 0.245. The van der Waals surface area contributed by atoms with Crippen LogP contribution in [0.15, 0.2) is 30.6 Å². The van der Waals surface area contributed by atoms with Gasteiger partial charge in [-0.2, -0.15) is 0 Å². The van der Waals surface area contributed by atoms with Crippen molar-refractivity contribution in [2.45, 2.75) is 18.9 Å². The normalized spacial score (nSPS) is 14.6. The quantitative estimate of drug-likeness (QED) is 0.814. The van der Waals surface area contributed by atoms with E-state index in [1.807, 2.05) is 0 Å². The number of carbonyl (C=O) groups excluding carboxylic acids is 1. The molecule has 9 heteroatoms. The maximum Gasteiger partial charge on any atom is 0.319 e. The summed E-state index contributed by atoms with van der Waals surface area (Å²) in [6, 6.07) is 4.81. The van der Waals surface area contributed by atoms with Crippen molar-refractivity contribution in [1.29, 1.82) is 0 Å². The average Bonchev–Trinajstić information content (AvgIpc) is 2.70. The number of nitrogens with one attached hydrogen (secondary N) is 2. The first kappa shape index (κ1) is 19.0. The molecule has 0 aliphatic carbocycles. The molecule has 0 atom stereocenters. The van der Waals surface area contributed by atoms with Crippen LogP contribution in [0.3, 0.4) is 0 Å². The molecule has 2 amide bonds. The lowest BCUT2D eigenvalue weighted by Gasteiger charge is -2.32. The number of benzene rings is 1. The van der Waals surface area contributed by atoms with E-state index in [0.29, 0.717) is 22.2 Å². The number of hydrogen-bond acceptors (Lipinski definition) is 6. The fourth-order valence-corrected chi connectivity index (χ4v) is 3.21. The summed E-state index contributed by atoms with van der Waals surface area (Å²) in [5, 5.41) is 6.21. The van der Waals surface area contributed by atoms with Gasteiger partial charge in [-0.25, -0.2) is 14.8 Å². The van der Waals surface area contributed by atoms with Gasteiger partial charge in [0.1, 0.15) is 11.5 Å². The fourth-order valence-electron chi connectivity index (χ4n) is 2.98. The van der Waals surface area contributed by atoms with E-state index in [4.69, 9.17) is 21.1 Å². The highest BCUT2D eigenvalue weighted by Gasteiger charge is 2.22. The number of carbonyl (C=O) groups is 1. The number of anilines is 2. The van der Waals surface area contributed by atoms with Gasteiger partial charge < -0.3 is 25.0 Å². The second-order valence-corrected chi connectivity index (χ2v) is 6.50. The summed E-state index contributed by atoms with van der Waals surface area (Å²) in [6.45, 7) is 1.57. The monoisotopic (exact) mass is 391 g/mol. The van der Waals surface area contributed by atoms with Crippen molar-refractivity contribution in [3.05, 3.63) is 35.6 Å². The Morgan fingerprint density at radius 3 is 2.44 bits per heavy atom. The first-order valence-electron chi connectivity index (χ1n) is 8.61. The van der Waals surface area contributed by atoms with E-state index < -0.39 is 0 Å². The van der Waals surface area contributed by atoms with Crippen molar-refractivity contribution in [3.8, 4) is 11.5 Å². The van der Waals surface area contributed by atoms with Gasteiger partial charge in [0.2, 0.25) is 5.95 Å². The minimum atomic E-state index is -0.299. The van der Waals surface area contributed by atoms with E-state index >= 15 is 0 Å². The predicted molar refractivity (Wildman–Crippen MR) is 104 cm³/mol. The summed E-state index contributed by atoms with van der Waals surface area (Å²) in [7, 11) is 3.03. The Labute approximate surface area is 162 Å². The maximum atomic E-state index is 12.4. The molecular formula is C18H22ClN5O3. The molecule has 0 unspecified atom stereocenters. The zero-order valence-corrected chi connectivity index (χ0v) is 16.0. The molecule has 0 bridgehead atoms. The van der Waals surface area contributed by atoms with Crippen LogP contribution in [-0.4, -0.2) is 49.4 Å². The summed E-state index contributed by atoms with van der Waals surface area (Å²) in [6.07, 6.45) is 5.08. The van der Waals surface area contributed by atoms with Gasteiger partial charge >= 0.3 is 6.03 Å². The molecule has 3 rings (SSSR count). The second-order valence-electron chi connectivity index (χ2n) is 6.10. The SMILES string of the molecule is COc1cc(NC(=O)NC2CCN(c3ncccn3)CC2)c(OC)cc1Cl. The molecule has 1 aromatic heterocycles. The molecule has 1 saturated heterocycles. The number of hydrogen-bond donors (Lipinski definition) is 2. The Hall–Kier alpha value is -2.74. The molecule has 2 aromatic rings. The van der Waals surface area contributed by atoms with Gasteiger partial charge in [0.25, 0.3) is 0 Å². The third-order valence-electron chi connectivity index (χ3n) is 4.39. The van der Waals surface area contributed by atoms with E-state index in [-0.39, 0.29) is 12.1 Å². The van der Waals surface area contributed by atoms with Crippen LogP contribution in [0.2, 0.25) is 5.02 Å². The van der Waals surface area contributed by atoms with Crippen LogP contribution in [0.25, 0.3) is 0 Å². The Kier molecular flexibility index (Phi) is 6.18. The Morgan fingerprint density at radius 1 is 1.15 bits per heavy atom. The van der Waals surface area contributed by atoms with Crippen LogP contribution in [0.5, 0.6) is 11.5 Å². The van der Waals surface area contributed by atoms with Gasteiger partial charge in [-0.1, -0.05) is 11.6 Å². The van der Waals surface area contributed by atoms with Crippen LogP contribution < -0.4 is 25.0 Å². The van der Waals surface area contributed by atoms with Gasteiger partial charge in [-0.3, -0.25) is 0 Å². The first-order chi connectivity index (χ1) is 13.1. The lowest BCUT2D eigenvalue weighted by atomic mass is 10.1. The molecule has 0 radical (unpaired) electrons. The average molecular weight is 392 g/mol. The standard InChI is InChI=1S/C18H22ClN5O3/c1-26-15-11-14(16(27-2)10-13(15)19)23-18(25)22-12-4-8-24(9-5-12)17-20-6-3-7-21-17/h3,6-7,10-12H,4-5,8-9H2,1-2H3,(H2,22,23,25). The first-order valence-corrected chi connectivity index (χ1v) is 8.99. The van der Waals surface area contributed by atoms with Gasteiger partial charge in [0.05, 0.1) is 24.9 Å². The van der Waals surface area contributed by atoms with Gasteiger partial charge in [-0.05, 0) is 18.9 Å². The van der Waals surface area contributed by atoms with Crippen molar-refractivity contribution in [2.24, 2.45) is 0 Å². The van der Waals surface area contributed by atoms with Crippen molar-refractivity contribution < 1.29 is 14.3 Å². The molecule has 0 spiro atoms. The minimum Gasteiger partial charge on any atom is -0.495 e. The van der Waals surface area contributed by atoms with Crippen LogP contribution in [0.1, 0.15) is 12.8 Å². The van der Waals surface area contributed by atoms with E-state index in [0.717, 1.165) is 31.9 Å². The molecule has 0 saturated carbocycles. The fraction of sp³-hybridized carbons (Fsp3) is 0.389. The van der Waals surface area contributed by atoms with Crippen LogP contribution in [0, 0.1) is 0 Å². The molecule has 2 N–H and O–H groups in total. The topological polar surface area (TPSA) is 88.6 Å². The van der Waals surface area contributed by atoms with Gasteiger partial charge in [0.15, 0.2) is 0 Å². The highest BCUT2D eigenvalue weighted by atomic mass is 35.5. The van der Waals surface area contributed by atoms with E-state index in [2.05, 4.69) is 25.5 Å². The third-order valence-corrected chi connectivity index (χ3v) is 4.68. The Morgan fingerprint density at radius 2 is 1.81 bits per heavy atom. The van der Waals surface area contributed by atoms with Crippen molar-refractivity contribution in [1.82, 2.24) is 15.3 Å². The number of methoxy groups -OCH3 is 2. The highest BCUT2D eigenvalue weighted by Crippen LogP contribution is 2.35. The van der Waals surface area contributed by atoms with Crippen molar-refractivity contribution in [3.63, 3.8) is 0 Å². The molecule has 1 aliphatic heterocycles. The lowest BCUT2D eigenvalue weighted by Crippen LogP contribution is -2.46. The largest absolute Gasteiger partial charge is 0.495 e. The molecule has 8 nitrogen and oxygen atoms in total. The van der Waals surface area contributed by atoms with E-state index in [1.165, 1.54) is 14.2 Å². The summed E-state index contributed by atoms with van der Waals surface area (Å²) < 4.78 is 10.5. The second kappa shape index (κ2) is 8.77. The summed E-state index contributed by atoms with van der Waals surface area (Å²) in [5.41, 5.74) is 0.492. The molecule has 2 heterocycles. The van der Waals surface area contributed by atoms with Crippen molar-refractivity contribution >= 4 is 29.3 Å². The Balaban J connectivity index is 1.56. The van der Waals surface area contributed by atoms with Crippen LogP contribution >= 0.6 is 11.6 Å². The number of rotatable bonds is 5. The summed E-state index contributed by atoms with van der Waals surface area (Å²) in [4.78, 5) is 23.0. The molecular weight excluding hydrogens is 370 g/mol. The van der Waals surface area contributed by atoms with Gasteiger partial charge in [0, 0.05) is 43.7 Å². The number of ether oxygens (including phenoxy) is 2. The number of aromatic nitrogens is 2. The minimum absolute atomic E-state index is 0.0742. The van der Waals surface area contributed by atoms with E-state index in [9.17, 15) is 4.79 Å². The molecule has 1 aromatic carbocycles. The third kappa shape index (κ3) is 4.71. The number of urea groups is 1. The number of amides is 2. The highest BCUT2D eigenvalue weighted by molar-refractivity contribution is 6.32. The molecule has 27 heavy (non-hydrogen) atoms. The molecule has 1 fully saturated rings. The zero-order chi connectivity index (χ0) is 19.2. The van der Waals surface area contributed by atoms with Gasteiger partial charge in [-0.15, -0.1) is 0 Å². The number of piperidine rings is 1. The number of halogens is 1. The van der Waals surface area contributed by atoms with Crippen LogP contribution in [-0.2, 0) is 0 Å². The maximum absolute atomic E-state index is 12.4. The van der Waals surface area contributed by atoms with Crippen molar-refractivity contribution in [2.75, 3.05) is 37.5 Å². The predicted octanol–water partition coefficient (Wildman–Crippen LogP) is 2.94. The molecule has 1 aliphatic rings. The smallest absolute Gasteiger partial charge is 0.319 e. The summed E-state index contributed by atoms with van der Waals surface area (Å²) >= 11 is 6.09. The van der Waals surface area contributed by atoms with Crippen LogP contribution in [0.4, 0.5) is 16.4 Å². The Bertz CT molecular complexity index is 782. The summed E-state index contributed by atoms with van der Waals surface area (Å²) in [5.74, 6) is 1.65. The molecule has 144 valence electrons. The number of nitrogens with zero attached hydrogens (tertiary/aromatic N) is 3.